The second-order valence-corrected chi connectivity index (χ2v) is 3.04. The quantitative estimate of drug-likeness (QED) is 0.747. The topological polar surface area (TPSA) is 59.7 Å². The Morgan fingerprint density at radius 3 is 2.71 bits per heavy atom. The van der Waals surface area contributed by atoms with Crippen LogP contribution in [0.15, 0.2) is 10.5 Å². The molecule has 1 aromatic heterocycles. The Kier molecular flexibility index (Phi) is 3.30. The minimum absolute atomic E-state index is 0.235. The van der Waals surface area contributed by atoms with Gasteiger partial charge in [0.1, 0.15) is 11.5 Å². The van der Waals surface area contributed by atoms with Gasteiger partial charge in [0.25, 0.3) is 0 Å². The van der Waals surface area contributed by atoms with Gasteiger partial charge in [-0.15, -0.1) is 0 Å². The summed E-state index contributed by atoms with van der Waals surface area (Å²) in [6, 6.07) is 1.64. The first-order chi connectivity index (χ1) is 6.56. The van der Waals surface area contributed by atoms with Gasteiger partial charge in [-0.05, 0) is 32.4 Å². The molecule has 4 nitrogen and oxygen atoms in total. The van der Waals surface area contributed by atoms with Crippen molar-refractivity contribution in [3.8, 4) is 0 Å². The van der Waals surface area contributed by atoms with Crippen LogP contribution in [0.25, 0.3) is 0 Å². The van der Waals surface area contributed by atoms with Gasteiger partial charge in [0.05, 0.1) is 6.61 Å². The van der Waals surface area contributed by atoms with E-state index in [2.05, 4.69) is 4.74 Å². The summed E-state index contributed by atoms with van der Waals surface area (Å²) in [5, 5.41) is 9.49. The van der Waals surface area contributed by atoms with E-state index < -0.39 is 12.1 Å². The van der Waals surface area contributed by atoms with Crippen LogP contribution in [-0.4, -0.2) is 17.7 Å². The zero-order valence-electron chi connectivity index (χ0n) is 8.53. The molecule has 1 aromatic rings. The maximum absolute atomic E-state index is 11.1. The third-order valence-corrected chi connectivity index (χ3v) is 1.96. The van der Waals surface area contributed by atoms with E-state index in [9.17, 15) is 9.90 Å². The normalized spacial score (nSPS) is 12.6. The van der Waals surface area contributed by atoms with Gasteiger partial charge in [0, 0.05) is 0 Å². The van der Waals surface area contributed by atoms with Crippen LogP contribution < -0.4 is 0 Å². The molecule has 14 heavy (non-hydrogen) atoms. The van der Waals surface area contributed by atoms with E-state index in [1.807, 2.05) is 6.92 Å². The number of furan rings is 1. The fourth-order valence-corrected chi connectivity index (χ4v) is 1.07. The van der Waals surface area contributed by atoms with Gasteiger partial charge in [-0.25, -0.2) is 4.79 Å². The third kappa shape index (κ3) is 2.14. The van der Waals surface area contributed by atoms with Gasteiger partial charge >= 0.3 is 5.97 Å². The largest absolute Gasteiger partial charge is 0.464 e. The first kappa shape index (κ1) is 10.8. The summed E-state index contributed by atoms with van der Waals surface area (Å²) in [6.45, 7) is 5.55. The number of carbonyl (C=O) groups excluding carboxylic acids is 1. The van der Waals surface area contributed by atoms with Crippen LogP contribution in [0, 0.1) is 13.8 Å². The molecule has 1 N–H and O–H groups in total. The molecule has 0 aromatic carbocycles. The molecule has 1 heterocycles. The second kappa shape index (κ2) is 4.28. The molecule has 0 aliphatic carbocycles. The predicted octanol–water partition coefficient (Wildman–Crippen LogP) is 1.49. The molecule has 0 aliphatic rings. The Hall–Kier alpha value is -1.29. The van der Waals surface area contributed by atoms with Gasteiger partial charge < -0.3 is 14.3 Å². The lowest BCUT2D eigenvalue weighted by Gasteiger charge is -2.05. The van der Waals surface area contributed by atoms with E-state index in [4.69, 9.17) is 4.42 Å². The van der Waals surface area contributed by atoms with Crippen LogP contribution in [0.5, 0.6) is 0 Å². The van der Waals surface area contributed by atoms with Crippen molar-refractivity contribution < 1.29 is 19.1 Å². The van der Waals surface area contributed by atoms with E-state index in [0.717, 1.165) is 5.56 Å². The molecule has 78 valence electrons. The van der Waals surface area contributed by atoms with Gasteiger partial charge in [-0.1, -0.05) is 0 Å². The summed E-state index contributed by atoms with van der Waals surface area (Å²) in [6.07, 6.45) is -1.32. The van der Waals surface area contributed by atoms with E-state index in [-0.39, 0.29) is 12.4 Å². The molecule has 0 bridgehead atoms. The highest BCUT2D eigenvalue weighted by atomic mass is 16.5. The molecule has 0 saturated carbocycles. The number of aryl methyl sites for hydroxylation is 2. The highest BCUT2D eigenvalue weighted by Gasteiger charge is 2.22. The molecular formula is C10H14O4. The molecule has 0 saturated heterocycles. The molecule has 0 radical (unpaired) electrons. The summed E-state index contributed by atoms with van der Waals surface area (Å²) in [7, 11) is 0. The van der Waals surface area contributed by atoms with Crippen molar-refractivity contribution in [1.29, 1.82) is 0 Å². The van der Waals surface area contributed by atoms with E-state index in [0.29, 0.717) is 5.76 Å². The minimum Gasteiger partial charge on any atom is -0.464 e. The van der Waals surface area contributed by atoms with Gasteiger partial charge in [0.15, 0.2) is 0 Å². The second-order valence-electron chi connectivity index (χ2n) is 3.04. The fourth-order valence-electron chi connectivity index (χ4n) is 1.07. The Morgan fingerprint density at radius 1 is 1.64 bits per heavy atom. The Labute approximate surface area is 82.5 Å². The highest BCUT2D eigenvalue weighted by Crippen LogP contribution is 2.20. The van der Waals surface area contributed by atoms with Crippen LogP contribution in [0.4, 0.5) is 0 Å². The molecule has 4 heteroatoms. The van der Waals surface area contributed by atoms with Crippen LogP contribution in [0.2, 0.25) is 0 Å². The number of esters is 1. The first-order valence-electron chi connectivity index (χ1n) is 4.48. The number of rotatable bonds is 3. The number of hydrogen-bond donors (Lipinski definition) is 1. The van der Waals surface area contributed by atoms with Crippen molar-refractivity contribution in [3.63, 3.8) is 0 Å². The van der Waals surface area contributed by atoms with E-state index in [1.54, 1.807) is 19.9 Å². The SMILES string of the molecule is CCOC(=O)C(O)c1cc(C)c(C)o1. The zero-order chi connectivity index (χ0) is 10.7. The van der Waals surface area contributed by atoms with Crippen molar-refractivity contribution in [2.45, 2.75) is 26.9 Å². The molecule has 0 fully saturated rings. The lowest BCUT2D eigenvalue weighted by molar-refractivity contribution is -0.154. The molecule has 1 unspecified atom stereocenters. The van der Waals surface area contributed by atoms with Crippen LogP contribution in [0.3, 0.4) is 0 Å². The zero-order valence-corrected chi connectivity index (χ0v) is 8.53. The van der Waals surface area contributed by atoms with Crippen LogP contribution in [0.1, 0.15) is 30.1 Å². The van der Waals surface area contributed by atoms with Gasteiger partial charge in [-0.3, -0.25) is 0 Å². The number of hydrogen-bond acceptors (Lipinski definition) is 4. The molecule has 0 aliphatic heterocycles. The number of aliphatic hydroxyl groups excluding tert-OH is 1. The van der Waals surface area contributed by atoms with Crippen molar-refractivity contribution in [2.24, 2.45) is 0 Å². The van der Waals surface area contributed by atoms with E-state index in [1.165, 1.54) is 0 Å². The predicted molar refractivity (Wildman–Crippen MR) is 49.8 cm³/mol. The maximum atomic E-state index is 11.1. The van der Waals surface area contributed by atoms with E-state index >= 15 is 0 Å². The smallest absolute Gasteiger partial charge is 0.342 e. The maximum Gasteiger partial charge on any atom is 0.342 e. The Morgan fingerprint density at radius 2 is 2.29 bits per heavy atom. The first-order valence-corrected chi connectivity index (χ1v) is 4.48. The van der Waals surface area contributed by atoms with Crippen LogP contribution >= 0.6 is 0 Å². The monoisotopic (exact) mass is 198 g/mol. The summed E-state index contributed by atoms with van der Waals surface area (Å²) in [4.78, 5) is 11.1. The lowest BCUT2D eigenvalue weighted by Crippen LogP contribution is -2.14. The molecular weight excluding hydrogens is 184 g/mol. The summed E-state index contributed by atoms with van der Waals surface area (Å²) < 4.78 is 9.85. The van der Waals surface area contributed by atoms with Crippen molar-refractivity contribution in [1.82, 2.24) is 0 Å². The summed E-state index contributed by atoms with van der Waals surface area (Å²) in [5.74, 6) is 0.253. The van der Waals surface area contributed by atoms with Crippen molar-refractivity contribution in [2.75, 3.05) is 6.61 Å². The van der Waals surface area contributed by atoms with Gasteiger partial charge in [0.2, 0.25) is 6.10 Å². The van der Waals surface area contributed by atoms with Crippen molar-refractivity contribution in [3.05, 3.63) is 23.2 Å². The van der Waals surface area contributed by atoms with Crippen molar-refractivity contribution >= 4 is 5.97 Å². The minimum atomic E-state index is -1.32. The molecule has 0 amide bonds. The molecule has 0 spiro atoms. The van der Waals surface area contributed by atoms with Crippen LogP contribution in [-0.2, 0) is 9.53 Å². The average molecular weight is 198 g/mol. The highest BCUT2D eigenvalue weighted by molar-refractivity contribution is 5.75. The summed E-state index contributed by atoms with van der Waals surface area (Å²) in [5.41, 5.74) is 0.906. The molecule has 1 atom stereocenters. The number of ether oxygens (including phenoxy) is 1. The third-order valence-electron chi connectivity index (χ3n) is 1.96. The molecule has 1 rings (SSSR count). The fraction of sp³-hybridized carbons (Fsp3) is 0.500. The summed E-state index contributed by atoms with van der Waals surface area (Å²) >= 11 is 0. The number of aliphatic hydroxyl groups is 1. The number of carbonyl (C=O) groups is 1. The lowest BCUT2D eigenvalue weighted by atomic mass is 10.2. The van der Waals surface area contributed by atoms with Gasteiger partial charge in [-0.2, -0.15) is 0 Å². The Balaban J connectivity index is 2.78. The average Bonchev–Trinajstić information content (AvgIpc) is 2.46. The standard InChI is InChI=1S/C10H14O4/c1-4-13-10(12)9(11)8-5-6(2)7(3)14-8/h5,9,11H,4H2,1-3H3. The Bertz CT molecular complexity index is 307.